The van der Waals surface area contributed by atoms with Crippen molar-refractivity contribution in [3.05, 3.63) is 41.1 Å². The maximum Gasteiger partial charge on any atom is 0.171 e. The summed E-state index contributed by atoms with van der Waals surface area (Å²) in [5.74, 6) is 1.53. The van der Waals surface area contributed by atoms with Gasteiger partial charge in [0.2, 0.25) is 0 Å². The molecule has 0 unspecified atom stereocenters. The van der Waals surface area contributed by atoms with Gasteiger partial charge in [0, 0.05) is 17.7 Å². The summed E-state index contributed by atoms with van der Waals surface area (Å²) in [6.45, 7) is 10.4. The second-order valence-corrected chi connectivity index (χ2v) is 5.52. The van der Waals surface area contributed by atoms with E-state index in [0.29, 0.717) is 5.92 Å². The van der Waals surface area contributed by atoms with Crippen molar-refractivity contribution in [2.45, 2.75) is 34.2 Å². The van der Waals surface area contributed by atoms with Gasteiger partial charge in [-0.2, -0.15) is 0 Å². The SMILES string of the molecule is Cc1ccc(C)c(-c2oncc2CNCC(C)C)c1. The lowest BCUT2D eigenvalue weighted by molar-refractivity contribution is 0.431. The minimum atomic E-state index is 0.643. The van der Waals surface area contributed by atoms with Crippen molar-refractivity contribution >= 4 is 0 Å². The molecule has 2 rings (SSSR count). The van der Waals surface area contributed by atoms with E-state index in [0.717, 1.165) is 30.0 Å². The fourth-order valence-corrected chi connectivity index (χ4v) is 2.08. The number of rotatable bonds is 5. The summed E-state index contributed by atoms with van der Waals surface area (Å²) < 4.78 is 5.45. The van der Waals surface area contributed by atoms with Crippen molar-refractivity contribution in [2.24, 2.45) is 5.92 Å². The van der Waals surface area contributed by atoms with Gasteiger partial charge < -0.3 is 9.84 Å². The van der Waals surface area contributed by atoms with Crippen LogP contribution >= 0.6 is 0 Å². The first-order valence-corrected chi connectivity index (χ1v) is 6.80. The Labute approximate surface area is 115 Å². The Morgan fingerprint density at radius 1 is 1.26 bits per heavy atom. The van der Waals surface area contributed by atoms with E-state index < -0.39 is 0 Å². The molecular weight excluding hydrogens is 236 g/mol. The van der Waals surface area contributed by atoms with Crippen LogP contribution in [0.2, 0.25) is 0 Å². The Morgan fingerprint density at radius 3 is 2.79 bits per heavy atom. The minimum Gasteiger partial charge on any atom is -0.356 e. The summed E-state index contributed by atoms with van der Waals surface area (Å²) in [5.41, 5.74) is 4.71. The summed E-state index contributed by atoms with van der Waals surface area (Å²) in [4.78, 5) is 0. The fourth-order valence-electron chi connectivity index (χ4n) is 2.08. The van der Waals surface area contributed by atoms with Gasteiger partial charge in [0.25, 0.3) is 0 Å². The third-order valence-corrected chi connectivity index (χ3v) is 3.15. The molecule has 3 nitrogen and oxygen atoms in total. The largest absolute Gasteiger partial charge is 0.356 e. The number of benzene rings is 1. The maximum absolute atomic E-state index is 5.45. The lowest BCUT2D eigenvalue weighted by Gasteiger charge is -2.08. The molecule has 19 heavy (non-hydrogen) atoms. The summed E-state index contributed by atoms with van der Waals surface area (Å²) in [5, 5.41) is 7.38. The van der Waals surface area contributed by atoms with E-state index in [9.17, 15) is 0 Å². The molecule has 0 atom stereocenters. The highest BCUT2D eigenvalue weighted by molar-refractivity contribution is 5.65. The molecule has 102 valence electrons. The molecule has 0 saturated heterocycles. The Bertz CT molecular complexity index is 543. The van der Waals surface area contributed by atoms with Gasteiger partial charge in [-0.25, -0.2) is 0 Å². The Balaban J connectivity index is 2.21. The highest BCUT2D eigenvalue weighted by Gasteiger charge is 2.13. The molecule has 0 fully saturated rings. The quantitative estimate of drug-likeness (QED) is 0.888. The first-order chi connectivity index (χ1) is 9.08. The van der Waals surface area contributed by atoms with Gasteiger partial charge in [-0.3, -0.25) is 0 Å². The number of nitrogens with one attached hydrogen (secondary N) is 1. The third kappa shape index (κ3) is 3.44. The molecule has 3 heteroatoms. The summed E-state index contributed by atoms with van der Waals surface area (Å²) in [6.07, 6.45) is 1.81. The molecule has 0 aliphatic carbocycles. The van der Waals surface area contributed by atoms with Gasteiger partial charge in [-0.15, -0.1) is 0 Å². The van der Waals surface area contributed by atoms with Gasteiger partial charge in [0.05, 0.1) is 6.20 Å². The molecule has 0 bridgehead atoms. The number of nitrogens with zero attached hydrogens (tertiary/aromatic N) is 1. The first-order valence-electron chi connectivity index (χ1n) is 6.80. The second-order valence-electron chi connectivity index (χ2n) is 5.52. The van der Waals surface area contributed by atoms with Gasteiger partial charge in [0.1, 0.15) is 0 Å². The molecule has 0 radical (unpaired) electrons. The van der Waals surface area contributed by atoms with Crippen LogP contribution in [0, 0.1) is 19.8 Å². The average Bonchev–Trinajstić information content (AvgIpc) is 2.80. The van der Waals surface area contributed by atoms with E-state index in [1.807, 2.05) is 6.20 Å². The summed E-state index contributed by atoms with van der Waals surface area (Å²) in [6, 6.07) is 6.40. The lowest BCUT2D eigenvalue weighted by Crippen LogP contribution is -2.19. The van der Waals surface area contributed by atoms with Crippen LogP contribution in [0.4, 0.5) is 0 Å². The molecule has 0 aliphatic heterocycles. The number of hydrogen-bond donors (Lipinski definition) is 1. The van der Waals surface area contributed by atoms with Crippen LogP contribution in [0.15, 0.2) is 28.9 Å². The lowest BCUT2D eigenvalue weighted by atomic mass is 10.0. The molecule has 2 aromatic rings. The average molecular weight is 258 g/mol. The standard InChI is InChI=1S/C16H22N2O/c1-11(2)8-17-9-14-10-18-19-16(14)15-7-12(3)5-6-13(15)4/h5-7,10-11,17H,8-9H2,1-4H3. The number of aromatic nitrogens is 1. The minimum absolute atomic E-state index is 0.643. The normalized spacial score (nSPS) is 11.2. The van der Waals surface area contributed by atoms with E-state index >= 15 is 0 Å². The van der Waals surface area contributed by atoms with Gasteiger partial charge >= 0.3 is 0 Å². The topological polar surface area (TPSA) is 38.1 Å². The summed E-state index contributed by atoms with van der Waals surface area (Å²) in [7, 11) is 0. The smallest absolute Gasteiger partial charge is 0.171 e. The molecule has 0 saturated carbocycles. The Morgan fingerprint density at radius 2 is 2.05 bits per heavy atom. The van der Waals surface area contributed by atoms with Crippen LogP contribution in [0.5, 0.6) is 0 Å². The zero-order valence-electron chi connectivity index (χ0n) is 12.2. The van der Waals surface area contributed by atoms with Crippen molar-refractivity contribution in [1.82, 2.24) is 10.5 Å². The van der Waals surface area contributed by atoms with Crippen molar-refractivity contribution in [2.75, 3.05) is 6.54 Å². The molecule has 1 heterocycles. The van der Waals surface area contributed by atoms with E-state index in [-0.39, 0.29) is 0 Å². The second kappa shape index (κ2) is 6.02. The van der Waals surface area contributed by atoms with Crippen LogP contribution < -0.4 is 5.32 Å². The van der Waals surface area contributed by atoms with Crippen molar-refractivity contribution in [3.8, 4) is 11.3 Å². The molecule has 0 aliphatic rings. The highest BCUT2D eigenvalue weighted by Crippen LogP contribution is 2.27. The van der Waals surface area contributed by atoms with E-state index in [1.165, 1.54) is 11.1 Å². The monoisotopic (exact) mass is 258 g/mol. The molecule has 0 spiro atoms. The van der Waals surface area contributed by atoms with Gasteiger partial charge in [-0.05, 0) is 37.9 Å². The van der Waals surface area contributed by atoms with Crippen molar-refractivity contribution < 1.29 is 4.52 Å². The predicted octanol–water partition coefficient (Wildman–Crippen LogP) is 3.70. The van der Waals surface area contributed by atoms with E-state index in [2.05, 4.69) is 56.4 Å². The van der Waals surface area contributed by atoms with E-state index in [1.54, 1.807) is 0 Å². The fraction of sp³-hybridized carbons (Fsp3) is 0.438. The van der Waals surface area contributed by atoms with Gasteiger partial charge in [-0.1, -0.05) is 36.7 Å². The van der Waals surface area contributed by atoms with Crippen LogP contribution in [-0.2, 0) is 6.54 Å². The Hall–Kier alpha value is -1.61. The number of hydrogen-bond acceptors (Lipinski definition) is 3. The highest BCUT2D eigenvalue weighted by atomic mass is 16.5. The van der Waals surface area contributed by atoms with Crippen molar-refractivity contribution in [1.29, 1.82) is 0 Å². The molecular formula is C16H22N2O. The van der Waals surface area contributed by atoms with Crippen LogP contribution in [0.1, 0.15) is 30.5 Å². The zero-order chi connectivity index (χ0) is 13.8. The third-order valence-electron chi connectivity index (χ3n) is 3.15. The Kier molecular flexibility index (Phi) is 4.38. The maximum atomic E-state index is 5.45. The van der Waals surface area contributed by atoms with Crippen LogP contribution in [-0.4, -0.2) is 11.7 Å². The predicted molar refractivity (Wildman–Crippen MR) is 78.0 cm³/mol. The number of aryl methyl sites for hydroxylation is 2. The van der Waals surface area contributed by atoms with Crippen LogP contribution in [0.25, 0.3) is 11.3 Å². The van der Waals surface area contributed by atoms with Gasteiger partial charge in [0.15, 0.2) is 5.76 Å². The first kappa shape index (κ1) is 13.8. The van der Waals surface area contributed by atoms with Crippen molar-refractivity contribution in [3.63, 3.8) is 0 Å². The summed E-state index contributed by atoms with van der Waals surface area (Å²) >= 11 is 0. The molecule has 1 N–H and O–H groups in total. The molecule has 0 amide bonds. The zero-order valence-corrected chi connectivity index (χ0v) is 12.2. The molecule has 1 aromatic heterocycles. The van der Waals surface area contributed by atoms with E-state index in [4.69, 9.17) is 4.52 Å². The molecule has 1 aromatic carbocycles. The van der Waals surface area contributed by atoms with Crippen LogP contribution in [0.3, 0.4) is 0 Å².